The fourth-order valence-corrected chi connectivity index (χ4v) is 10.6. The second-order valence-electron chi connectivity index (χ2n) is 21.3. The summed E-state index contributed by atoms with van der Waals surface area (Å²) in [7, 11) is 0. The third-order valence-corrected chi connectivity index (χ3v) is 14.8. The van der Waals surface area contributed by atoms with Gasteiger partial charge in [0.15, 0.2) is 0 Å². The van der Waals surface area contributed by atoms with Crippen LogP contribution in [0.15, 0.2) is 48.5 Å². The lowest BCUT2D eigenvalue weighted by Crippen LogP contribution is -2.46. The Balaban J connectivity index is 1.45. The second kappa shape index (κ2) is 39.0. The summed E-state index contributed by atoms with van der Waals surface area (Å²) in [5.41, 5.74) is 3.66. The maximum atomic E-state index is 13.5. The molecule has 71 heavy (non-hydrogen) atoms. The highest BCUT2D eigenvalue weighted by Crippen LogP contribution is 2.44. The summed E-state index contributed by atoms with van der Waals surface area (Å²) in [4.78, 5) is 53.0. The van der Waals surface area contributed by atoms with Gasteiger partial charge in [-0.3, -0.25) is 9.59 Å². The van der Waals surface area contributed by atoms with Crippen molar-refractivity contribution in [3.05, 3.63) is 59.7 Å². The molecular weight excluding hydrogens is 907 g/mol. The summed E-state index contributed by atoms with van der Waals surface area (Å²) in [5, 5.41) is 2.76. The van der Waals surface area contributed by atoms with Gasteiger partial charge in [-0.15, -0.1) is 0 Å². The zero-order valence-electron chi connectivity index (χ0n) is 45.5. The van der Waals surface area contributed by atoms with E-state index in [1.807, 2.05) is 24.3 Å². The average molecular weight is 1010 g/mol. The summed E-state index contributed by atoms with van der Waals surface area (Å²) in [6.07, 6.45) is 36.8. The number of fused-ring (bicyclic) bond motifs is 3. The van der Waals surface area contributed by atoms with Gasteiger partial charge in [-0.25, -0.2) is 9.59 Å². The fourth-order valence-electron chi connectivity index (χ4n) is 9.54. The van der Waals surface area contributed by atoms with Gasteiger partial charge in [0.2, 0.25) is 0 Å². The van der Waals surface area contributed by atoms with Gasteiger partial charge >= 0.3 is 24.0 Å². The molecule has 0 heterocycles. The maximum absolute atomic E-state index is 13.5. The monoisotopic (exact) mass is 1010 g/mol. The molecule has 0 saturated carbocycles. The van der Waals surface area contributed by atoms with Crippen molar-refractivity contribution in [3.63, 3.8) is 0 Å². The molecule has 0 saturated heterocycles. The van der Waals surface area contributed by atoms with Gasteiger partial charge in [0, 0.05) is 30.3 Å². The SMILES string of the molecule is CCCCCCCCCCCCCCCCCC(=O)OC[C@H](CSC[C@H](NC(=O)OCC1c2ccccc2-c2ccccc21)C(=O)OC(C)(C)C)OC(=O)CCCCCCCCCCCCCCCCC. The van der Waals surface area contributed by atoms with Crippen LogP contribution in [0.2, 0.25) is 0 Å². The molecule has 10 heteroatoms. The van der Waals surface area contributed by atoms with Gasteiger partial charge in [0.25, 0.3) is 0 Å². The number of rotatable bonds is 43. The quantitative estimate of drug-likeness (QED) is 0.0394. The highest BCUT2D eigenvalue weighted by Gasteiger charge is 2.31. The van der Waals surface area contributed by atoms with Crippen LogP contribution in [0.5, 0.6) is 0 Å². The van der Waals surface area contributed by atoms with E-state index in [1.54, 1.807) is 20.8 Å². The fraction of sp³-hybridized carbons (Fsp3) is 0.738. The van der Waals surface area contributed by atoms with Crippen molar-refractivity contribution in [2.75, 3.05) is 24.7 Å². The second-order valence-corrected chi connectivity index (χ2v) is 22.4. The van der Waals surface area contributed by atoms with Crippen LogP contribution in [0.1, 0.15) is 257 Å². The molecule has 402 valence electrons. The number of esters is 3. The highest BCUT2D eigenvalue weighted by atomic mass is 32.2. The predicted molar refractivity (Wildman–Crippen MR) is 295 cm³/mol. The Hall–Kier alpha value is -3.53. The van der Waals surface area contributed by atoms with Crippen molar-refractivity contribution in [1.82, 2.24) is 5.32 Å². The van der Waals surface area contributed by atoms with E-state index in [2.05, 4.69) is 43.4 Å². The predicted octanol–water partition coefficient (Wildman–Crippen LogP) is 16.9. The number of ether oxygens (including phenoxy) is 4. The Morgan fingerprint density at radius 1 is 0.521 bits per heavy atom. The molecule has 1 N–H and O–H groups in total. The first kappa shape index (κ1) is 61.8. The lowest BCUT2D eigenvalue weighted by molar-refractivity contribution is -0.158. The minimum atomic E-state index is -1.03. The molecule has 3 rings (SSSR count). The number of unbranched alkanes of at least 4 members (excludes halogenated alkanes) is 28. The third kappa shape index (κ3) is 29.1. The molecule has 0 fully saturated rings. The van der Waals surface area contributed by atoms with Gasteiger partial charge in [-0.05, 0) is 55.9 Å². The lowest BCUT2D eigenvalue weighted by atomic mass is 9.98. The first-order valence-corrected chi connectivity index (χ1v) is 29.9. The Labute approximate surface area is 436 Å². The molecular formula is C61H99NO8S. The molecule has 2 aromatic carbocycles. The maximum Gasteiger partial charge on any atom is 0.407 e. The Morgan fingerprint density at radius 3 is 1.34 bits per heavy atom. The first-order valence-electron chi connectivity index (χ1n) is 28.8. The zero-order chi connectivity index (χ0) is 51.2. The van der Waals surface area contributed by atoms with Gasteiger partial charge in [0.05, 0.1) is 0 Å². The van der Waals surface area contributed by atoms with Crippen molar-refractivity contribution in [1.29, 1.82) is 0 Å². The summed E-state index contributed by atoms with van der Waals surface area (Å²) in [6.45, 7) is 9.92. The van der Waals surface area contributed by atoms with Crippen molar-refractivity contribution in [2.45, 2.75) is 264 Å². The Kier molecular flexibility index (Phi) is 33.9. The summed E-state index contributed by atoms with van der Waals surface area (Å²) < 4.78 is 23.2. The van der Waals surface area contributed by atoms with Crippen LogP contribution < -0.4 is 5.32 Å². The zero-order valence-corrected chi connectivity index (χ0v) is 46.3. The number of amides is 1. The topological polar surface area (TPSA) is 117 Å². The lowest BCUT2D eigenvalue weighted by Gasteiger charge is -2.25. The molecule has 0 radical (unpaired) electrons. The van der Waals surface area contributed by atoms with Crippen LogP contribution in [0, 0.1) is 0 Å². The van der Waals surface area contributed by atoms with Crippen LogP contribution in [0.25, 0.3) is 11.1 Å². The number of hydrogen-bond acceptors (Lipinski definition) is 9. The smallest absolute Gasteiger partial charge is 0.407 e. The molecule has 0 unspecified atom stereocenters. The molecule has 0 spiro atoms. The average Bonchev–Trinajstić information content (AvgIpc) is 3.67. The number of alkyl carbamates (subject to hydrolysis) is 1. The molecule has 2 atom stereocenters. The summed E-state index contributed by atoms with van der Waals surface area (Å²) in [6, 6.07) is 15.2. The number of benzene rings is 2. The van der Waals surface area contributed by atoms with Gasteiger partial charge in [-0.1, -0.05) is 242 Å². The summed E-state index contributed by atoms with van der Waals surface area (Å²) in [5.74, 6) is -0.924. The number of carbonyl (C=O) groups excluding carboxylic acids is 4. The van der Waals surface area contributed by atoms with Crippen molar-refractivity contribution >= 4 is 35.8 Å². The van der Waals surface area contributed by atoms with E-state index < -0.39 is 29.8 Å². The number of hydrogen-bond donors (Lipinski definition) is 1. The minimum absolute atomic E-state index is 0.0634. The Morgan fingerprint density at radius 2 is 0.915 bits per heavy atom. The first-order chi connectivity index (χ1) is 34.5. The van der Waals surface area contributed by atoms with Crippen LogP contribution >= 0.6 is 11.8 Å². The molecule has 1 aliphatic carbocycles. The number of carbonyl (C=O) groups is 4. The number of thioether (sulfide) groups is 1. The van der Waals surface area contributed by atoms with Gasteiger partial charge in [-0.2, -0.15) is 11.8 Å². The van der Waals surface area contributed by atoms with E-state index in [0.717, 1.165) is 60.8 Å². The van der Waals surface area contributed by atoms with Crippen LogP contribution in [0.3, 0.4) is 0 Å². The van der Waals surface area contributed by atoms with Gasteiger partial charge in [0.1, 0.15) is 31.0 Å². The standard InChI is InChI=1S/C61H99NO8S/c1-6-8-10-12-14-16-18-20-22-24-26-28-30-32-34-44-57(63)67-46-50(69-58(64)45-35-33-31-29-27-25-23-21-19-17-15-13-11-9-7-2)48-71-49-56(59(65)70-61(3,4)5)62-60(66)68-47-55-53-42-38-36-40-51(53)52-41-37-39-43-54(52)55/h36-43,50,55-56H,6-35,44-49H2,1-5H3,(H,62,66)/t50-,56+/m1/s1. The van der Waals surface area contributed by atoms with Crippen molar-refractivity contribution in [2.24, 2.45) is 0 Å². The van der Waals surface area contributed by atoms with Crippen molar-refractivity contribution in [3.8, 4) is 11.1 Å². The highest BCUT2D eigenvalue weighted by molar-refractivity contribution is 7.99. The van der Waals surface area contributed by atoms with Crippen molar-refractivity contribution < 1.29 is 38.1 Å². The largest absolute Gasteiger partial charge is 0.462 e. The third-order valence-electron chi connectivity index (χ3n) is 13.6. The van der Waals surface area contributed by atoms with E-state index in [0.29, 0.717) is 12.8 Å². The molecule has 0 bridgehead atoms. The summed E-state index contributed by atoms with van der Waals surface area (Å²) >= 11 is 1.33. The van der Waals surface area contributed by atoms with Crippen LogP contribution in [0.4, 0.5) is 4.79 Å². The molecule has 1 amide bonds. The Bertz CT molecular complexity index is 1680. The van der Waals surface area contributed by atoms with Crippen LogP contribution in [-0.2, 0) is 33.3 Å². The van der Waals surface area contributed by atoms with Gasteiger partial charge < -0.3 is 24.3 Å². The molecule has 0 aliphatic heterocycles. The van der Waals surface area contributed by atoms with E-state index in [-0.39, 0.29) is 42.6 Å². The molecule has 1 aliphatic rings. The van der Waals surface area contributed by atoms with Crippen LogP contribution in [-0.4, -0.2) is 66.5 Å². The molecule has 9 nitrogen and oxygen atoms in total. The van der Waals surface area contributed by atoms with E-state index in [9.17, 15) is 19.2 Å². The van der Waals surface area contributed by atoms with E-state index >= 15 is 0 Å². The minimum Gasteiger partial charge on any atom is -0.462 e. The number of nitrogens with one attached hydrogen (secondary N) is 1. The van der Waals surface area contributed by atoms with E-state index in [1.165, 1.54) is 166 Å². The molecule has 0 aromatic heterocycles. The van der Waals surface area contributed by atoms with E-state index in [4.69, 9.17) is 18.9 Å². The molecule has 2 aromatic rings. The normalized spacial score (nSPS) is 13.0.